The van der Waals surface area contributed by atoms with Gasteiger partial charge in [-0.2, -0.15) is 11.8 Å². The summed E-state index contributed by atoms with van der Waals surface area (Å²) in [6, 6.07) is 0. The maximum atomic E-state index is 11.6. The van der Waals surface area contributed by atoms with Crippen molar-refractivity contribution in [3.63, 3.8) is 0 Å². The fraction of sp³-hybridized carbons (Fsp3) is 0.500. The van der Waals surface area contributed by atoms with Gasteiger partial charge in [0.25, 0.3) is 5.91 Å². The number of aromatic nitrogens is 3. The summed E-state index contributed by atoms with van der Waals surface area (Å²) in [6.07, 6.45) is 3.43. The molecule has 1 aromatic heterocycles. The molecule has 1 heterocycles. The summed E-state index contributed by atoms with van der Waals surface area (Å²) >= 11 is 1.71. The zero-order chi connectivity index (χ0) is 12.5. The van der Waals surface area contributed by atoms with Crippen molar-refractivity contribution in [1.82, 2.24) is 20.3 Å². The van der Waals surface area contributed by atoms with Gasteiger partial charge in [-0.3, -0.25) is 9.48 Å². The van der Waals surface area contributed by atoms with Gasteiger partial charge in [0.15, 0.2) is 5.69 Å². The van der Waals surface area contributed by atoms with Crippen molar-refractivity contribution in [1.29, 1.82) is 0 Å². The van der Waals surface area contributed by atoms with Gasteiger partial charge >= 0.3 is 0 Å². The molecule has 6 nitrogen and oxygen atoms in total. The molecule has 94 valence electrons. The average molecular weight is 255 g/mol. The normalized spacial score (nSPS) is 10.2. The fourth-order valence-corrected chi connectivity index (χ4v) is 1.72. The smallest absolute Gasteiger partial charge is 0.273 e. The minimum absolute atomic E-state index is 0.201. The number of carbonyl (C=O) groups excluding carboxylic acids is 1. The zero-order valence-electron chi connectivity index (χ0n) is 9.63. The number of carbonyl (C=O) groups is 1. The van der Waals surface area contributed by atoms with Crippen LogP contribution in [0.3, 0.4) is 0 Å². The third kappa shape index (κ3) is 5.01. The monoisotopic (exact) mass is 255 g/mol. The Bertz CT molecular complexity index is 365. The van der Waals surface area contributed by atoms with E-state index < -0.39 is 0 Å². The molecule has 0 atom stereocenters. The van der Waals surface area contributed by atoms with Crippen LogP contribution in [0.15, 0.2) is 18.9 Å². The molecular weight excluding hydrogens is 238 g/mol. The first-order valence-corrected chi connectivity index (χ1v) is 6.50. The number of nitrogens with zero attached hydrogens (tertiary/aromatic N) is 3. The van der Waals surface area contributed by atoms with Crippen molar-refractivity contribution >= 4 is 17.7 Å². The number of thioether (sulfide) groups is 1. The molecule has 3 N–H and O–H groups in total. The van der Waals surface area contributed by atoms with Gasteiger partial charge in [0.1, 0.15) is 0 Å². The first kappa shape index (κ1) is 13.7. The number of hydrogen-bond donors (Lipinski definition) is 2. The van der Waals surface area contributed by atoms with E-state index in [4.69, 9.17) is 5.73 Å². The van der Waals surface area contributed by atoms with E-state index in [0.717, 1.165) is 11.5 Å². The predicted molar refractivity (Wildman–Crippen MR) is 68.9 cm³/mol. The highest BCUT2D eigenvalue weighted by Gasteiger charge is 2.09. The largest absolute Gasteiger partial charge is 0.350 e. The molecule has 0 radical (unpaired) electrons. The van der Waals surface area contributed by atoms with Gasteiger partial charge in [-0.05, 0) is 0 Å². The molecule has 0 bridgehead atoms. The van der Waals surface area contributed by atoms with Crippen LogP contribution in [0.1, 0.15) is 10.5 Å². The van der Waals surface area contributed by atoms with Crippen LogP contribution in [0, 0.1) is 0 Å². The van der Waals surface area contributed by atoms with E-state index in [1.54, 1.807) is 22.6 Å². The summed E-state index contributed by atoms with van der Waals surface area (Å²) in [5, 5.41) is 10.3. The lowest BCUT2D eigenvalue weighted by molar-refractivity contribution is 0.0951. The summed E-state index contributed by atoms with van der Waals surface area (Å²) in [6.45, 7) is 5.27. The van der Waals surface area contributed by atoms with E-state index in [0.29, 0.717) is 25.3 Å². The van der Waals surface area contributed by atoms with Crippen molar-refractivity contribution in [3.8, 4) is 0 Å². The lowest BCUT2D eigenvalue weighted by Gasteiger charge is -2.01. The highest BCUT2D eigenvalue weighted by atomic mass is 32.2. The molecule has 0 aliphatic heterocycles. The average Bonchev–Trinajstić information content (AvgIpc) is 2.78. The van der Waals surface area contributed by atoms with Crippen molar-refractivity contribution in [2.75, 3.05) is 24.6 Å². The van der Waals surface area contributed by atoms with Crippen molar-refractivity contribution in [3.05, 3.63) is 24.5 Å². The number of rotatable bonds is 8. The topological polar surface area (TPSA) is 85.8 Å². The highest BCUT2D eigenvalue weighted by Crippen LogP contribution is 1.98. The Balaban J connectivity index is 2.28. The number of nitrogens with two attached hydrogens (primary N) is 1. The number of amides is 1. The minimum Gasteiger partial charge on any atom is -0.350 e. The van der Waals surface area contributed by atoms with Crippen molar-refractivity contribution in [2.45, 2.75) is 6.54 Å². The maximum Gasteiger partial charge on any atom is 0.273 e. The van der Waals surface area contributed by atoms with E-state index in [1.807, 2.05) is 6.08 Å². The summed E-state index contributed by atoms with van der Waals surface area (Å²) in [5.41, 5.74) is 5.70. The van der Waals surface area contributed by atoms with Crippen LogP contribution in [-0.2, 0) is 6.54 Å². The second-order valence-electron chi connectivity index (χ2n) is 3.28. The summed E-state index contributed by atoms with van der Waals surface area (Å²) in [7, 11) is 0. The minimum atomic E-state index is -0.201. The van der Waals surface area contributed by atoms with Crippen LogP contribution in [-0.4, -0.2) is 45.5 Å². The van der Waals surface area contributed by atoms with E-state index in [1.165, 1.54) is 0 Å². The molecule has 1 amide bonds. The molecule has 0 saturated heterocycles. The number of hydrogen-bond acceptors (Lipinski definition) is 5. The second kappa shape index (κ2) is 7.86. The van der Waals surface area contributed by atoms with Gasteiger partial charge in [0.05, 0.1) is 12.7 Å². The Morgan fingerprint density at radius 1 is 1.71 bits per heavy atom. The molecular formula is C10H17N5OS. The fourth-order valence-electron chi connectivity index (χ4n) is 1.14. The van der Waals surface area contributed by atoms with E-state index >= 15 is 0 Å². The van der Waals surface area contributed by atoms with Gasteiger partial charge in [-0.25, -0.2) is 0 Å². The molecule has 1 rings (SSSR count). The Kier molecular flexibility index (Phi) is 6.34. The van der Waals surface area contributed by atoms with Crippen LogP contribution in [0.5, 0.6) is 0 Å². The van der Waals surface area contributed by atoms with Crippen LogP contribution < -0.4 is 11.1 Å². The molecule has 7 heteroatoms. The maximum absolute atomic E-state index is 11.6. The van der Waals surface area contributed by atoms with Crippen molar-refractivity contribution in [2.24, 2.45) is 5.73 Å². The third-order valence-corrected chi connectivity index (χ3v) is 2.86. The third-order valence-electron chi connectivity index (χ3n) is 1.90. The van der Waals surface area contributed by atoms with Crippen LogP contribution in [0.4, 0.5) is 0 Å². The first-order chi connectivity index (χ1) is 8.27. The molecule has 17 heavy (non-hydrogen) atoms. The summed E-state index contributed by atoms with van der Waals surface area (Å²) < 4.78 is 1.56. The molecule has 1 aromatic rings. The Morgan fingerprint density at radius 3 is 3.24 bits per heavy atom. The first-order valence-electron chi connectivity index (χ1n) is 5.35. The highest BCUT2D eigenvalue weighted by molar-refractivity contribution is 7.99. The lowest BCUT2D eigenvalue weighted by Crippen LogP contribution is -2.26. The van der Waals surface area contributed by atoms with Gasteiger partial charge in [-0.15, -0.1) is 11.7 Å². The zero-order valence-corrected chi connectivity index (χ0v) is 10.4. The van der Waals surface area contributed by atoms with E-state index in [-0.39, 0.29) is 5.91 Å². The Morgan fingerprint density at radius 2 is 2.53 bits per heavy atom. The number of nitrogens with one attached hydrogen (secondary N) is 1. The molecule has 0 unspecified atom stereocenters. The van der Waals surface area contributed by atoms with E-state index in [2.05, 4.69) is 22.2 Å². The molecule has 0 saturated carbocycles. The Labute approximate surface area is 105 Å². The SMILES string of the molecule is C=CCSCCNC(=O)c1cn(CCN)nn1. The van der Waals surface area contributed by atoms with Crippen LogP contribution in [0.25, 0.3) is 0 Å². The van der Waals surface area contributed by atoms with E-state index in [9.17, 15) is 4.79 Å². The molecule has 0 aliphatic carbocycles. The quantitative estimate of drug-likeness (QED) is 0.500. The van der Waals surface area contributed by atoms with Crippen molar-refractivity contribution < 1.29 is 4.79 Å². The van der Waals surface area contributed by atoms with Gasteiger partial charge in [-0.1, -0.05) is 11.3 Å². The molecule has 0 aliphatic rings. The molecule has 0 aromatic carbocycles. The summed E-state index contributed by atoms with van der Waals surface area (Å²) in [5.74, 6) is 1.55. The molecule has 0 fully saturated rings. The van der Waals surface area contributed by atoms with Crippen LogP contribution >= 0.6 is 11.8 Å². The standard InChI is InChI=1S/C10H17N5OS/c1-2-6-17-7-4-12-10(16)9-8-15(5-3-11)14-13-9/h2,8H,1,3-7,11H2,(H,12,16). The van der Waals surface area contributed by atoms with Gasteiger partial charge in [0, 0.05) is 24.6 Å². The lowest BCUT2D eigenvalue weighted by atomic mass is 10.4. The molecule has 0 spiro atoms. The predicted octanol–water partition coefficient (Wildman–Crippen LogP) is -0.114. The van der Waals surface area contributed by atoms with Gasteiger partial charge < -0.3 is 11.1 Å². The second-order valence-corrected chi connectivity index (χ2v) is 4.42. The van der Waals surface area contributed by atoms with Crippen LogP contribution in [0.2, 0.25) is 0 Å². The summed E-state index contributed by atoms with van der Waals surface area (Å²) in [4.78, 5) is 11.6. The van der Waals surface area contributed by atoms with Gasteiger partial charge in [0.2, 0.25) is 0 Å². The Hall–Kier alpha value is -1.34.